The second-order valence-corrected chi connectivity index (χ2v) is 4.07. The van der Waals surface area contributed by atoms with E-state index in [2.05, 4.69) is 20.5 Å². The molecule has 3 N–H and O–H groups in total. The summed E-state index contributed by atoms with van der Waals surface area (Å²) in [7, 11) is 0. The Kier molecular flexibility index (Phi) is 2.57. The summed E-state index contributed by atoms with van der Waals surface area (Å²) in [4.78, 5) is 14.9. The van der Waals surface area contributed by atoms with Crippen molar-refractivity contribution in [2.24, 2.45) is 0 Å². The lowest BCUT2D eigenvalue weighted by Gasteiger charge is -2.03. The number of fused-ring (bicyclic) bond motifs is 1. The Bertz CT molecular complexity index is 669. The van der Waals surface area contributed by atoms with Crippen LogP contribution in [0.1, 0.15) is 15.9 Å². The monoisotopic (exact) mass is 240 g/mol. The van der Waals surface area contributed by atoms with Crippen molar-refractivity contribution in [2.75, 3.05) is 0 Å². The quantitative estimate of drug-likeness (QED) is 0.653. The van der Waals surface area contributed by atoms with Crippen LogP contribution >= 0.6 is 0 Å². The van der Waals surface area contributed by atoms with E-state index in [1.54, 1.807) is 18.3 Å². The van der Waals surface area contributed by atoms with Gasteiger partial charge in [-0.15, -0.1) is 0 Å². The highest BCUT2D eigenvalue weighted by atomic mass is 16.1. The number of carbonyl (C=O) groups excluding carboxylic acids is 1. The van der Waals surface area contributed by atoms with Gasteiger partial charge in [-0.05, 0) is 23.8 Å². The zero-order valence-electron chi connectivity index (χ0n) is 9.60. The number of aromatic nitrogens is 3. The first-order chi connectivity index (χ1) is 8.83. The van der Waals surface area contributed by atoms with Gasteiger partial charge < -0.3 is 10.3 Å². The maximum Gasteiger partial charge on any atom is 0.251 e. The van der Waals surface area contributed by atoms with Crippen LogP contribution < -0.4 is 5.32 Å². The number of amides is 1. The molecule has 0 saturated carbocycles. The summed E-state index contributed by atoms with van der Waals surface area (Å²) >= 11 is 0. The molecule has 0 atom stereocenters. The second kappa shape index (κ2) is 4.37. The van der Waals surface area contributed by atoms with Gasteiger partial charge >= 0.3 is 0 Å². The van der Waals surface area contributed by atoms with Crippen molar-refractivity contribution >= 4 is 16.8 Å². The lowest BCUT2D eigenvalue weighted by molar-refractivity contribution is 0.0951. The van der Waals surface area contributed by atoms with Crippen LogP contribution in [0.4, 0.5) is 0 Å². The molecule has 18 heavy (non-hydrogen) atoms. The summed E-state index contributed by atoms with van der Waals surface area (Å²) in [5, 5.41) is 10.6. The molecule has 3 rings (SSSR count). The fourth-order valence-corrected chi connectivity index (χ4v) is 1.83. The van der Waals surface area contributed by atoms with E-state index in [1.165, 1.54) is 0 Å². The fourth-order valence-electron chi connectivity index (χ4n) is 1.83. The van der Waals surface area contributed by atoms with Gasteiger partial charge in [-0.3, -0.25) is 9.89 Å². The van der Waals surface area contributed by atoms with Crippen LogP contribution in [0.15, 0.2) is 42.9 Å². The molecule has 0 radical (unpaired) electrons. The smallest absolute Gasteiger partial charge is 0.251 e. The number of carbonyl (C=O) groups is 1. The molecule has 2 aromatic heterocycles. The molecule has 0 aliphatic carbocycles. The van der Waals surface area contributed by atoms with Crippen molar-refractivity contribution in [3.05, 3.63) is 54.0 Å². The van der Waals surface area contributed by atoms with E-state index in [1.807, 2.05) is 24.5 Å². The minimum absolute atomic E-state index is 0.0901. The molecular weight excluding hydrogens is 228 g/mol. The predicted molar refractivity (Wildman–Crippen MR) is 68.1 cm³/mol. The molecule has 0 aliphatic rings. The lowest BCUT2D eigenvalue weighted by atomic mass is 10.1. The van der Waals surface area contributed by atoms with E-state index >= 15 is 0 Å². The molecule has 1 amide bonds. The van der Waals surface area contributed by atoms with Crippen LogP contribution in [0, 0.1) is 0 Å². The second-order valence-electron chi connectivity index (χ2n) is 4.07. The van der Waals surface area contributed by atoms with Gasteiger partial charge in [-0.25, -0.2) is 0 Å². The summed E-state index contributed by atoms with van der Waals surface area (Å²) in [6.07, 6.45) is 5.42. The molecule has 5 heteroatoms. The van der Waals surface area contributed by atoms with Gasteiger partial charge in [0.25, 0.3) is 5.91 Å². The van der Waals surface area contributed by atoms with E-state index in [-0.39, 0.29) is 5.91 Å². The Hall–Kier alpha value is -2.56. The summed E-state index contributed by atoms with van der Waals surface area (Å²) in [5.74, 6) is -0.0901. The molecule has 0 unspecified atom stereocenters. The van der Waals surface area contributed by atoms with Gasteiger partial charge in [0.1, 0.15) is 0 Å². The molecular formula is C13H12N4O. The Labute approximate surface area is 103 Å². The summed E-state index contributed by atoms with van der Waals surface area (Å²) in [6.45, 7) is 0.517. The van der Waals surface area contributed by atoms with E-state index in [9.17, 15) is 4.79 Å². The third-order valence-corrected chi connectivity index (χ3v) is 2.82. The highest BCUT2D eigenvalue weighted by Crippen LogP contribution is 2.12. The van der Waals surface area contributed by atoms with Crippen LogP contribution in [0.5, 0.6) is 0 Å². The van der Waals surface area contributed by atoms with Gasteiger partial charge in [0.2, 0.25) is 0 Å². The molecule has 90 valence electrons. The predicted octanol–water partition coefficient (Wildman–Crippen LogP) is 1.82. The van der Waals surface area contributed by atoms with Crippen molar-refractivity contribution in [1.82, 2.24) is 20.5 Å². The third-order valence-electron chi connectivity index (χ3n) is 2.82. The number of benzene rings is 1. The average Bonchev–Trinajstić information content (AvgIpc) is 3.05. The molecule has 0 fully saturated rings. The zero-order chi connectivity index (χ0) is 12.4. The van der Waals surface area contributed by atoms with Crippen LogP contribution in [-0.2, 0) is 6.54 Å². The van der Waals surface area contributed by atoms with E-state index in [0.29, 0.717) is 12.1 Å². The first-order valence-electron chi connectivity index (χ1n) is 5.66. The Balaban J connectivity index is 1.75. The van der Waals surface area contributed by atoms with Crippen molar-refractivity contribution in [1.29, 1.82) is 0 Å². The number of nitrogens with zero attached hydrogens (tertiary/aromatic N) is 1. The lowest BCUT2D eigenvalue weighted by Crippen LogP contribution is -2.22. The van der Waals surface area contributed by atoms with Crippen molar-refractivity contribution in [3.8, 4) is 0 Å². The summed E-state index contributed by atoms with van der Waals surface area (Å²) < 4.78 is 0. The Morgan fingerprint density at radius 3 is 3.11 bits per heavy atom. The Morgan fingerprint density at radius 1 is 1.33 bits per heavy atom. The fraction of sp³-hybridized carbons (Fsp3) is 0.0769. The van der Waals surface area contributed by atoms with Crippen LogP contribution in [0.25, 0.3) is 10.9 Å². The number of hydrogen-bond donors (Lipinski definition) is 3. The van der Waals surface area contributed by atoms with Gasteiger partial charge in [-0.2, -0.15) is 5.10 Å². The highest BCUT2D eigenvalue weighted by Gasteiger charge is 2.06. The highest BCUT2D eigenvalue weighted by molar-refractivity contribution is 5.97. The minimum atomic E-state index is -0.0901. The molecule has 0 bridgehead atoms. The molecule has 3 aromatic rings. The van der Waals surface area contributed by atoms with Crippen molar-refractivity contribution in [3.63, 3.8) is 0 Å². The number of rotatable bonds is 3. The summed E-state index contributed by atoms with van der Waals surface area (Å²) in [6, 6.07) is 7.40. The molecule has 0 spiro atoms. The van der Waals surface area contributed by atoms with Crippen molar-refractivity contribution in [2.45, 2.75) is 6.54 Å². The van der Waals surface area contributed by atoms with Crippen LogP contribution in [0.3, 0.4) is 0 Å². The van der Waals surface area contributed by atoms with Gasteiger partial charge in [0.05, 0.1) is 11.7 Å². The van der Waals surface area contributed by atoms with E-state index in [4.69, 9.17) is 0 Å². The van der Waals surface area contributed by atoms with Gasteiger partial charge in [-0.1, -0.05) is 6.07 Å². The number of hydrogen-bond acceptors (Lipinski definition) is 2. The number of H-pyrrole nitrogens is 2. The maximum absolute atomic E-state index is 11.9. The molecule has 0 aliphatic heterocycles. The Morgan fingerprint density at radius 2 is 2.28 bits per heavy atom. The van der Waals surface area contributed by atoms with Gasteiger partial charge in [0, 0.05) is 29.9 Å². The average molecular weight is 240 g/mol. The molecule has 5 nitrogen and oxygen atoms in total. The molecule has 1 aromatic carbocycles. The van der Waals surface area contributed by atoms with Crippen molar-refractivity contribution < 1.29 is 4.79 Å². The topological polar surface area (TPSA) is 73.6 Å². The molecule has 2 heterocycles. The number of nitrogens with one attached hydrogen (secondary N) is 3. The largest absolute Gasteiger partial charge is 0.367 e. The SMILES string of the molecule is O=C(NCc1cc[nH]c1)c1ccc2cn[nH]c2c1. The van der Waals surface area contributed by atoms with E-state index < -0.39 is 0 Å². The third kappa shape index (κ3) is 1.98. The zero-order valence-corrected chi connectivity index (χ0v) is 9.60. The first-order valence-corrected chi connectivity index (χ1v) is 5.66. The maximum atomic E-state index is 11.9. The van der Waals surface area contributed by atoms with Gasteiger partial charge in [0.15, 0.2) is 0 Å². The normalized spacial score (nSPS) is 10.7. The van der Waals surface area contributed by atoms with Crippen LogP contribution in [-0.4, -0.2) is 21.1 Å². The van der Waals surface area contributed by atoms with Crippen LogP contribution in [0.2, 0.25) is 0 Å². The van der Waals surface area contributed by atoms with E-state index in [0.717, 1.165) is 16.5 Å². The standard InChI is InChI=1S/C13H12N4O/c18-13(15-7-9-3-4-14-6-9)10-1-2-11-8-16-17-12(11)5-10/h1-6,8,14H,7H2,(H,15,18)(H,16,17). The minimum Gasteiger partial charge on any atom is -0.367 e. The molecule has 0 saturated heterocycles. The number of aromatic amines is 2. The first kappa shape index (κ1) is 10.6. The summed E-state index contributed by atoms with van der Waals surface area (Å²) in [5.41, 5.74) is 2.54.